The Morgan fingerprint density at radius 1 is 1.03 bits per heavy atom. The number of esters is 1. The summed E-state index contributed by atoms with van der Waals surface area (Å²) in [6.07, 6.45) is 0.114. The fraction of sp³-hybridized carbons (Fsp3) is 0.185. The van der Waals surface area contributed by atoms with Gasteiger partial charge in [-0.15, -0.1) is 0 Å². The molecular formula is C27H25FN4O4. The molecule has 2 N–H and O–H groups in total. The first-order valence-corrected chi connectivity index (χ1v) is 11.5. The third-order valence-electron chi connectivity index (χ3n) is 5.48. The van der Waals surface area contributed by atoms with Gasteiger partial charge in [0.2, 0.25) is 5.91 Å². The van der Waals surface area contributed by atoms with Crippen LogP contribution in [-0.4, -0.2) is 36.1 Å². The van der Waals surface area contributed by atoms with Gasteiger partial charge < -0.3 is 15.4 Å². The third-order valence-corrected chi connectivity index (χ3v) is 5.48. The molecule has 0 aliphatic carbocycles. The Hall–Kier alpha value is -4.53. The molecule has 2 amide bonds. The van der Waals surface area contributed by atoms with E-state index in [0.29, 0.717) is 11.4 Å². The van der Waals surface area contributed by atoms with Gasteiger partial charge in [0.15, 0.2) is 0 Å². The zero-order valence-corrected chi connectivity index (χ0v) is 19.6. The Morgan fingerprint density at radius 3 is 2.56 bits per heavy atom. The lowest BCUT2D eigenvalue weighted by Gasteiger charge is -2.22. The molecule has 0 spiro atoms. The Bertz CT molecular complexity index is 1300. The van der Waals surface area contributed by atoms with Gasteiger partial charge in [-0.3, -0.25) is 14.6 Å². The number of rotatable bonds is 8. The first-order valence-electron chi connectivity index (χ1n) is 11.5. The average Bonchev–Trinajstić information content (AvgIpc) is 3.34. The van der Waals surface area contributed by atoms with Crippen molar-refractivity contribution in [1.82, 2.24) is 5.32 Å². The van der Waals surface area contributed by atoms with Gasteiger partial charge in [-0.1, -0.05) is 36.4 Å². The van der Waals surface area contributed by atoms with E-state index in [-0.39, 0.29) is 36.8 Å². The summed E-state index contributed by atoms with van der Waals surface area (Å²) in [7, 11) is 0. The number of halogens is 1. The van der Waals surface area contributed by atoms with E-state index in [2.05, 4.69) is 15.7 Å². The van der Waals surface area contributed by atoms with E-state index in [4.69, 9.17) is 4.74 Å². The summed E-state index contributed by atoms with van der Waals surface area (Å²) in [5.41, 5.74) is 2.32. The van der Waals surface area contributed by atoms with Crippen LogP contribution in [0, 0.1) is 5.82 Å². The number of hydrogen-bond donors (Lipinski definition) is 2. The molecule has 0 saturated heterocycles. The predicted octanol–water partition coefficient (Wildman–Crippen LogP) is 3.89. The number of hydrogen-bond acceptors (Lipinski definition) is 6. The molecule has 36 heavy (non-hydrogen) atoms. The van der Waals surface area contributed by atoms with Crippen LogP contribution >= 0.6 is 0 Å². The fourth-order valence-electron chi connectivity index (χ4n) is 3.77. The number of anilines is 2. The van der Waals surface area contributed by atoms with Gasteiger partial charge in [0.05, 0.1) is 12.3 Å². The Balaban J connectivity index is 1.42. The number of amides is 2. The minimum absolute atomic E-state index is 0.114. The highest BCUT2D eigenvalue weighted by atomic mass is 19.1. The molecular weight excluding hydrogens is 463 g/mol. The number of para-hydroxylation sites is 1. The van der Waals surface area contributed by atoms with Crippen molar-refractivity contribution >= 4 is 34.9 Å². The van der Waals surface area contributed by atoms with Crippen LogP contribution in [0.1, 0.15) is 29.3 Å². The molecule has 3 aromatic carbocycles. The zero-order chi connectivity index (χ0) is 25.5. The normalized spacial score (nSPS) is 14.7. The van der Waals surface area contributed by atoms with Crippen LogP contribution in [0.2, 0.25) is 0 Å². The number of hydrazone groups is 1. The van der Waals surface area contributed by atoms with E-state index in [0.717, 1.165) is 11.6 Å². The number of ether oxygens (including phenoxy) is 1. The average molecular weight is 489 g/mol. The standard InChI is InChI=1S/C27H25FN4O4/c1-2-36-27(35)23-16-24(32(31-23)22-12-4-3-5-13-22)26(34)29-17-18-8-6-11-21(14-18)30-25(33)19-9-7-10-20(28)15-19/h3-15,24H,2,16-17H2,1H3,(H,29,34)(H,30,33). The number of carbonyl (C=O) groups is 3. The lowest BCUT2D eigenvalue weighted by molar-refractivity contribution is -0.135. The van der Waals surface area contributed by atoms with Gasteiger partial charge >= 0.3 is 5.97 Å². The highest BCUT2D eigenvalue weighted by Gasteiger charge is 2.36. The monoisotopic (exact) mass is 488 g/mol. The maximum absolute atomic E-state index is 13.4. The summed E-state index contributed by atoms with van der Waals surface area (Å²) >= 11 is 0. The highest BCUT2D eigenvalue weighted by molar-refractivity contribution is 6.38. The van der Waals surface area contributed by atoms with E-state index < -0.39 is 23.7 Å². The topological polar surface area (TPSA) is 100 Å². The van der Waals surface area contributed by atoms with Gasteiger partial charge in [-0.05, 0) is 55.0 Å². The molecule has 1 aliphatic rings. The second kappa shape index (κ2) is 11.3. The number of benzene rings is 3. The van der Waals surface area contributed by atoms with E-state index in [1.807, 2.05) is 36.4 Å². The molecule has 4 rings (SSSR count). The highest BCUT2D eigenvalue weighted by Crippen LogP contribution is 2.25. The molecule has 1 heterocycles. The van der Waals surface area contributed by atoms with Gasteiger partial charge in [0, 0.05) is 24.2 Å². The van der Waals surface area contributed by atoms with E-state index in [1.54, 1.807) is 25.1 Å². The van der Waals surface area contributed by atoms with Crippen LogP contribution in [-0.2, 0) is 20.9 Å². The molecule has 0 saturated carbocycles. The molecule has 0 bridgehead atoms. The lowest BCUT2D eigenvalue weighted by atomic mass is 10.1. The largest absolute Gasteiger partial charge is 0.461 e. The predicted molar refractivity (Wildman–Crippen MR) is 134 cm³/mol. The quantitative estimate of drug-likeness (QED) is 0.469. The van der Waals surface area contributed by atoms with Gasteiger partial charge in [0.25, 0.3) is 5.91 Å². The fourth-order valence-corrected chi connectivity index (χ4v) is 3.77. The smallest absolute Gasteiger partial charge is 0.354 e. The Morgan fingerprint density at radius 2 is 1.81 bits per heavy atom. The molecule has 1 unspecified atom stereocenters. The van der Waals surface area contributed by atoms with Crippen LogP contribution < -0.4 is 15.6 Å². The van der Waals surface area contributed by atoms with Crippen molar-refractivity contribution in [2.75, 3.05) is 16.9 Å². The minimum atomic E-state index is -0.720. The zero-order valence-electron chi connectivity index (χ0n) is 19.6. The van der Waals surface area contributed by atoms with Crippen LogP contribution in [0.15, 0.2) is 84.0 Å². The summed E-state index contributed by atoms with van der Waals surface area (Å²) in [5, 5.41) is 11.5. The lowest BCUT2D eigenvalue weighted by Crippen LogP contribution is -2.42. The summed E-state index contributed by atoms with van der Waals surface area (Å²) < 4.78 is 18.5. The number of nitrogens with one attached hydrogen (secondary N) is 2. The van der Waals surface area contributed by atoms with Crippen LogP contribution in [0.5, 0.6) is 0 Å². The summed E-state index contributed by atoms with van der Waals surface area (Å²) in [6.45, 7) is 2.11. The maximum atomic E-state index is 13.4. The van der Waals surface area contributed by atoms with Gasteiger partial charge in [-0.2, -0.15) is 5.10 Å². The SMILES string of the molecule is CCOC(=O)C1=NN(c2ccccc2)C(C(=O)NCc2cccc(NC(=O)c3cccc(F)c3)c2)C1. The van der Waals surface area contributed by atoms with Crippen molar-refractivity contribution in [2.45, 2.75) is 25.9 Å². The molecule has 8 nitrogen and oxygen atoms in total. The Kier molecular flexibility index (Phi) is 7.69. The van der Waals surface area contributed by atoms with E-state index >= 15 is 0 Å². The maximum Gasteiger partial charge on any atom is 0.354 e. The second-order valence-electron chi connectivity index (χ2n) is 8.05. The van der Waals surface area contributed by atoms with E-state index in [9.17, 15) is 18.8 Å². The molecule has 184 valence electrons. The molecule has 0 radical (unpaired) electrons. The first-order chi connectivity index (χ1) is 17.4. The van der Waals surface area contributed by atoms with Crippen molar-refractivity contribution in [2.24, 2.45) is 5.10 Å². The van der Waals surface area contributed by atoms with Crippen molar-refractivity contribution < 1.29 is 23.5 Å². The molecule has 0 fully saturated rings. The molecule has 9 heteroatoms. The van der Waals surface area contributed by atoms with Crippen LogP contribution in [0.25, 0.3) is 0 Å². The van der Waals surface area contributed by atoms with Crippen molar-refractivity contribution in [3.8, 4) is 0 Å². The summed E-state index contributed by atoms with van der Waals surface area (Å²) in [5.74, 6) is -1.79. The second-order valence-corrected chi connectivity index (χ2v) is 8.05. The van der Waals surface area contributed by atoms with Gasteiger partial charge in [-0.25, -0.2) is 9.18 Å². The molecule has 1 aliphatic heterocycles. The molecule has 0 aromatic heterocycles. The minimum Gasteiger partial charge on any atom is -0.461 e. The van der Waals surface area contributed by atoms with Crippen molar-refractivity contribution in [3.05, 3.63) is 95.8 Å². The van der Waals surface area contributed by atoms with Crippen molar-refractivity contribution in [3.63, 3.8) is 0 Å². The summed E-state index contributed by atoms with van der Waals surface area (Å²) in [6, 6.07) is 20.8. The number of carbonyl (C=O) groups excluding carboxylic acids is 3. The van der Waals surface area contributed by atoms with Crippen LogP contribution in [0.4, 0.5) is 15.8 Å². The molecule has 1 atom stereocenters. The van der Waals surface area contributed by atoms with Gasteiger partial charge in [0.1, 0.15) is 17.6 Å². The molecule has 3 aromatic rings. The number of nitrogens with zero attached hydrogens (tertiary/aromatic N) is 2. The van der Waals surface area contributed by atoms with Crippen LogP contribution in [0.3, 0.4) is 0 Å². The van der Waals surface area contributed by atoms with Crippen molar-refractivity contribution in [1.29, 1.82) is 0 Å². The summed E-state index contributed by atoms with van der Waals surface area (Å²) in [4.78, 5) is 37.8. The van der Waals surface area contributed by atoms with E-state index in [1.165, 1.54) is 23.2 Å². The third kappa shape index (κ3) is 5.93. The first kappa shape index (κ1) is 24.6. The Labute approximate surface area is 207 Å².